The van der Waals surface area contributed by atoms with Crippen LogP contribution in [-0.4, -0.2) is 14.8 Å². The highest BCUT2D eigenvalue weighted by atomic mass is 32.2. The van der Waals surface area contributed by atoms with E-state index in [2.05, 4.69) is 0 Å². The van der Waals surface area contributed by atoms with Gasteiger partial charge in [-0.2, -0.15) is 0 Å². The van der Waals surface area contributed by atoms with Crippen LogP contribution in [0.5, 0.6) is 0 Å². The quantitative estimate of drug-likeness (QED) is 0.805. The molecule has 2 rings (SSSR count). The van der Waals surface area contributed by atoms with Crippen LogP contribution in [0.25, 0.3) is 0 Å². The van der Waals surface area contributed by atoms with Crippen LogP contribution in [0.1, 0.15) is 5.56 Å². The predicted octanol–water partition coefficient (Wildman–Crippen LogP) is 2.35. The molecule has 0 aromatic heterocycles. The summed E-state index contributed by atoms with van der Waals surface area (Å²) in [7, 11) is -3.86. The Balaban J connectivity index is 2.48. The van der Waals surface area contributed by atoms with Crippen molar-refractivity contribution in [2.45, 2.75) is 11.8 Å². The number of rotatable bonds is 4. The lowest BCUT2D eigenvalue weighted by molar-refractivity contribution is -0.106. The second-order valence-corrected chi connectivity index (χ2v) is 5.87. The zero-order valence-corrected chi connectivity index (χ0v) is 11.2. The third-order valence-corrected chi connectivity index (χ3v) is 4.37. The van der Waals surface area contributed by atoms with Gasteiger partial charge in [0.1, 0.15) is 0 Å². The number of aryl methyl sites for hydroxylation is 1. The molecule has 5 heteroatoms. The van der Waals surface area contributed by atoms with E-state index in [4.69, 9.17) is 0 Å². The van der Waals surface area contributed by atoms with E-state index in [1.807, 2.05) is 6.92 Å². The Morgan fingerprint density at radius 1 is 0.947 bits per heavy atom. The van der Waals surface area contributed by atoms with Gasteiger partial charge in [0, 0.05) is 0 Å². The van der Waals surface area contributed by atoms with Gasteiger partial charge in [0.05, 0.1) is 10.6 Å². The van der Waals surface area contributed by atoms with Crippen molar-refractivity contribution < 1.29 is 13.2 Å². The maximum absolute atomic E-state index is 12.4. The lowest BCUT2D eigenvalue weighted by atomic mass is 10.2. The Morgan fingerprint density at radius 2 is 1.53 bits per heavy atom. The van der Waals surface area contributed by atoms with Crippen molar-refractivity contribution >= 4 is 22.1 Å². The Morgan fingerprint density at radius 3 is 2.05 bits per heavy atom. The van der Waals surface area contributed by atoms with E-state index in [1.54, 1.807) is 42.5 Å². The van der Waals surface area contributed by atoms with E-state index in [0.717, 1.165) is 9.87 Å². The highest BCUT2D eigenvalue weighted by Crippen LogP contribution is 2.21. The molecule has 98 valence electrons. The molecule has 0 atom stereocenters. The maximum atomic E-state index is 12.4. The Kier molecular flexibility index (Phi) is 3.66. The Labute approximate surface area is 112 Å². The molecule has 0 N–H and O–H groups in total. The fourth-order valence-electron chi connectivity index (χ4n) is 1.66. The SMILES string of the molecule is Cc1ccc(S(=O)(=O)N(C=O)c2ccccc2)cc1. The molecule has 1 amide bonds. The summed E-state index contributed by atoms with van der Waals surface area (Å²) in [6.07, 6.45) is 0.310. The summed E-state index contributed by atoms with van der Waals surface area (Å²) in [5.41, 5.74) is 1.27. The average Bonchev–Trinajstić information content (AvgIpc) is 2.41. The first-order chi connectivity index (χ1) is 9.05. The van der Waals surface area contributed by atoms with Crippen molar-refractivity contribution in [2.75, 3.05) is 4.31 Å². The fraction of sp³-hybridized carbons (Fsp3) is 0.0714. The van der Waals surface area contributed by atoms with Gasteiger partial charge in [0.2, 0.25) is 6.41 Å². The van der Waals surface area contributed by atoms with Crippen molar-refractivity contribution in [2.24, 2.45) is 0 Å². The van der Waals surface area contributed by atoms with E-state index in [1.165, 1.54) is 12.1 Å². The third kappa shape index (κ3) is 2.66. The van der Waals surface area contributed by atoms with Gasteiger partial charge >= 0.3 is 0 Å². The first kappa shape index (κ1) is 13.3. The highest BCUT2D eigenvalue weighted by Gasteiger charge is 2.24. The molecule has 0 aliphatic rings. The van der Waals surface area contributed by atoms with Crippen molar-refractivity contribution in [1.29, 1.82) is 0 Å². The molecule has 4 nitrogen and oxygen atoms in total. The van der Waals surface area contributed by atoms with Gasteiger partial charge < -0.3 is 0 Å². The predicted molar refractivity (Wildman–Crippen MR) is 73.3 cm³/mol. The van der Waals surface area contributed by atoms with E-state index in [9.17, 15) is 13.2 Å². The first-order valence-electron chi connectivity index (χ1n) is 5.67. The van der Waals surface area contributed by atoms with Gasteiger partial charge in [0.15, 0.2) is 0 Å². The van der Waals surface area contributed by atoms with Gasteiger partial charge in [-0.25, -0.2) is 12.7 Å². The molecular weight excluding hydrogens is 262 g/mol. The number of sulfonamides is 1. The van der Waals surface area contributed by atoms with Gasteiger partial charge in [-0.3, -0.25) is 4.79 Å². The van der Waals surface area contributed by atoms with Gasteiger partial charge in [-0.15, -0.1) is 0 Å². The van der Waals surface area contributed by atoms with Crippen molar-refractivity contribution in [3.8, 4) is 0 Å². The zero-order chi connectivity index (χ0) is 13.9. The summed E-state index contributed by atoms with van der Waals surface area (Å²) >= 11 is 0. The highest BCUT2D eigenvalue weighted by molar-refractivity contribution is 7.93. The molecule has 0 saturated carbocycles. The van der Waals surface area contributed by atoms with Crippen LogP contribution in [0, 0.1) is 6.92 Å². The van der Waals surface area contributed by atoms with Gasteiger partial charge in [0.25, 0.3) is 10.0 Å². The minimum Gasteiger partial charge on any atom is -0.277 e. The molecular formula is C14H13NO3S. The zero-order valence-electron chi connectivity index (χ0n) is 10.4. The van der Waals surface area contributed by atoms with Crippen LogP contribution < -0.4 is 4.31 Å². The van der Waals surface area contributed by atoms with Gasteiger partial charge in [-0.1, -0.05) is 35.9 Å². The minimum absolute atomic E-state index is 0.0917. The number of benzene rings is 2. The fourth-order valence-corrected chi connectivity index (χ4v) is 2.87. The van der Waals surface area contributed by atoms with Crippen LogP contribution in [-0.2, 0) is 14.8 Å². The summed E-state index contributed by atoms with van der Waals surface area (Å²) < 4.78 is 25.5. The van der Waals surface area contributed by atoms with Crippen molar-refractivity contribution in [3.05, 3.63) is 60.2 Å². The molecule has 0 radical (unpaired) electrons. The molecule has 0 spiro atoms. The van der Waals surface area contributed by atoms with Crippen molar-refractivity contribution in [3.63, 3.8) is 0 Å². The number of hydrogen-bond donors (Lipinski definition) is 0. The molecule has 2 aromatic rings. The smallest absolute Gasteiger partial charge is 0.270 e. The lowest BCUT2D eigenvalue weighted by Gasteiger charge is -2.17. The van der Waals surface area contributed by atoms with Crippen LogP contribution in [0.15, 0.2) is 59.5 Å². The molecule has 0 saturated heterocycles. The van der Waals surface area contributed by atoms with Crippen LogP contribution in [0.3, 0.4) is 0 Å². The molecule has 0 aliphatic heterocycles. The molecule has 0 bridgehead atoms. The topological polar surface area (TPSA) is 54.5 Å². The average molecular weight is 275 g/mol. The summed E-state index contributed by atoms with van der Waals surface area (Å²) in [5, 5.41) is 0. The van der Waals surface area contributed by atoms with E-state index >= 15 is 0 Å². The lowest BCUT2D eigenvalue weighted by Crippen LogP contribution is -2.29. The summed E-state index contributed by atoms with van der Waals surface area (Å²) in [5.74, 6) is 0. The van der Waals surface area contributed by atoms with Crippen molar-refractivity contribution in [1.82, 2.24) is 0 Å². The largest absolute Gasteiger partial charge is 0.277 e. The number of hydrogen-bond acceptors (Lipinski definition) is 3. The molecule has 19 heavy (non-hydrogen) atoms. The molecule has 2 aromatic carbocycles. The molecule has 0 unspecified atom stereocenters. The third-order valence-electron chi connectivity index (χ3n) is 2.68. The standard InChI is InChI=1S/C14H13NO3S/c1-12-7-9-14(10-8-12)19(17,18)15(11-16)13-5-3-2-4-6-13/h2-11H,1H3. The normalized spacial score (nSPS) is 11.0. The second kappa shape index (κ2) is 5.24. The second-order valence-electron chi connectivity index (χ2n) is 4.05. The van der Waals surface area contributed by atoms with Gasteiger partial charge in [-0.05, 0) is 31.2 Å². The molecule has 0 heterocycles. The number of amides is 1. The maximum Gasteiger partial charge on any atom is 0.270 e. The van der Waals surface area contributed by atoms with E-state index in [0.29, 0.717) is 12.1 Å². The Bertz CT molecular complexity index is 664. The monoisotopic (exact) mass is 275 g/mol. The number of carbonyl (C=O) groups is 1. The number of nitrogens with zero attached hydrogens (tertiary/aromatic N) is 1. The van der Waals surface area contributed by atoms with Crippen LogP contribution >= 0.6 is 0 Å². The number of para-hydroxylation sites is 1. The number of anilines is 1. The number of carbonyl (C=O) groups excluding carboxylic acids is 1. The van der Waals surface area contributed by atoms with Crippen LogP contribution in [0.4, 0.5) is 5.69 Å². The summed E-state index contributed by atoms with van der Waals surface area (Å²) in [6, 6.07) is 14.6. The summed E-state index contributed by atoms with van der Waals surface area (Å²) in [6.45, 7) is 1.87. The summed E-state index contributed by atoms with van der Waals surface area (Å²) in [4.78, 5) is 11.2. The van der Waals surface area contributed by atoms with E-state index < -0.39 is 10.0 Å². The van der Waals surface area contributed by atoms with E-state index in [-0.39, 0.29) is 4.90 Å². The molecule has 0 fully saturated rings. The van der Waals surface area contributed by atoms with Crippen LogP contribution in [0.2, 0.25) is 0 Å². The first-order valence-corrected chi connectivity index (χ1v) is 7.11. The molecule has 0 aliphatic carbocycles. The minimum atomic E-state index is -3.86. The Hall–Kier alpha value is -2.14.